The molecule has 3 heterocycles. The summed E-state index contributed by atoms with van der Waals surface area (Å²) in [4.78, 5) is 16.6. The standard InChI is InChI=1S/C25H17N3O3/c1-30-25(29)17-7-4-6-16(14-17)22-19-9-10-21-18(8-5-11-27-21)23(19)31-24(20(22)15-26)28-12-2-3-13-28/h2-14,22H,1H3. The zero-order chi connectivity index (χ0) is 21.4. The maximum atomic E-state index is 12.1. The van der Waals surface area contributed by atoms with Gasteiger partial charge in [-0.05, 0) is 48.0 Å². The fourth-order valence-electron chi connectivity index (χ4n) is 4.00. The van der Waals surface area contributed by atoms with E-state index >= 15 is 0 Å². The monoisotopic (exact) mass is 407 g/mol. The topological polar surface area (TPSA) is 77.1 Å². The molecule has 4 aromatic rings. The highest BCUT2D eigenvalue weighted by atomic mass is 16.5. The number of fused-ring (bicyclic) bond motifs is 3. The van der Waals surface area contributed by atoms with Crippen LogP contribution in [0.2, 0.25) is 0 Å². The number of pyridine rings is 1. The first-order chi connectivity index (χ1) is 15.2. The molecule has 1 aliphatic rings. The van der Waals surface area contributed by atoms with Gasteiger partial charge in [0.25, 0.3) is 0 Å². The summed E-state index contributed by atoms with van der Waals surface area (Å²) in [5, 5.41) is 11.0. The lowest BCUT2D eigenvalue weighted by molar-refractivity contribution is 0.0600. The number of hydrogen-bond acceptors (Lipinski definition) is 5. The van der Waals surface area contributed by atoms with Crippen molar-refractivity contribution in [2.24, 2.45) is 0 Å². The molecule has 0 fully saturated rings. The number of aromatic nitrogens is 2. The second-order valence-electron chi connectivity index (χ2n) is 7.13. The first-order valence-electron chi connectivity index (χ1n) is 9.72. The van der Waals surface area contributed by atoms with Gasteiger partial charge in [0.15, 0.2) is 0 Å². The second-order valence-corrected chi connectivity index (χ2v) is 7.13. The van der Waals surface area contributed by atoms with E-state index in [1.54, 1.807) is 29.0 Å². The number of benzene rings is 2. The molecule has 0 radical (unpaired) electrons. The number of hydrogen-bond donors (Lipinski definition) is 0. The highest BCUT2D eigenvalue weighted by molar-refractivity contribution is 5.91. The molecule has 2 aromatic carbocycles. The summed E-state index contributed by atoms with van der Waals surface area (Å²) in [6, 6.07) is 20.9. The molecule has 2 aromatic heterocycles. The molecule has 0 aliphatic carbocycles. The largest absolute Gasteiger partial charge is 0.465 e. The smallest absolute Gasteiger partial charge is 0.337 e. The number of allylic oxidation sites excluding steroid dienone is 1. The maximum absolute atomic E-state index is 12.1. The summed E-state index contributed by atoms with van der Waals surface area (Å²) in [5.41, 5.74) is 3.33. The van der Waals surface area contributed by atoms with Crippen LogP contribution in [0.15, 0.2) is 84.8 Å². The summed E-state index contributed by atoms with van der Waals surface area (Å²) in [5.74, 6) is 0.247. The van der Waals surface area contributed by atoms with E-state index in [1.165, 1.54) is 7.11 Å². The average molecular weight is 407 g/mol. The number of esters is 1. The third-order valence-corrected chi connectivity index (χ3v) is 5.40. The Morgan fingerprint density at radius 3 is 2.74 bits per heavy atom. The van der Waals surface area contributed by atoms with Gasteiger partial charge in [-0.15, -0.1) is 0 Å². The van der Waals surface area contributed by atoms with Crippen molar-refractivity contribution in [1.29, 1.82) is 5.26 Å². The third kappa shape index (κ3) is 3.04. The van der Waals surface area contributed by atoms with Crippen molar-refractivity contribution >= 4 is 22.8 Å². The van der Waals surface area contributed by atoms with Crippen LogP contribution in [0, 0.1) is 11.3 Å². The summed E-state index contributed by atoms with van der Waals surface area (Å²) < 4.78 is 13.0. The average Bonchev–Trinajstić information content (AvgIpc) is 3.37. The minimum Gasteiger partial charge on any atom is -0.465 e. The summed E-state index contributed by atoms with van der Waals surface area (Å²) in [7, 11) is 1.35. The summed E-state index contributed by atoms with van der Waals surface area (Å²) >= 11 is 0. The van der Waals surface area contributed by atoms with Crippen LogP contribution in [-0.2, 0) is 4.74 Å². The third-order valence-electron chi connectivity index (χ3n) is 5.40. The lowest BCUT2D eigenvalue weighted by atomic mass is 9.82. The Kier molecular flexibility index (Phi) is 4.49. The van der Waals surface area contributed by atoms with E-state index < -0.39 is 11.9 Å². The number of methoxy groups -OCH3 is 1. The van der Waals surface area contributed by atoms with Crippen LogP contribution >= 0.6 is 0 Å². The molecule has 6 nitrogen and oxygen atoms in total. The Balaban J connectivity index is 1.80. The number of carbonyl (C=O) groups is 1. The highest BCUT2D eigenvalue weighted by Gasteiger charge is 2.33. The van der Waals surface area contributed by atoms with Crippen LogP contribution in [0.5, 0.6) is 5.75 Å². The van der Waals surface area contributed by atoms with Gasteiger partial charge in [-0.1, -0.05) is 18.2 Å². The number of nitrogens with zero attached hydrogens (tertiary/aromatic N) is 3. The molecule has 0 N–H and O–H groups in total. The van der Waals surface area contributed by atoms with Crippen LogP contribution in [0.3, 0.4) is 0 Å². The molecular weight excluding hydrogens is 390 g/mol. The molecule has 6 heteroatoms. The van der Waals surface area contributed by atoms with Crippen molar-refractivity contribution in [1.82, 2.24) is 9.55 Å². The number of nitriles is 1. The Morgan fingerprint density at radius 1 is 1.13 bits per heavy atom. The van der Waals surface area contributed by atoms with E-state index in [1.807, 2.05) is 54.9 Å². The van der Waals surface area contributed by atoms with Gasteiger partial charge in [-0.2, -0.15) is 5.26 Å². The van der Waals surface area contributed by atoms with E-state index in [0.717, 1.165) is 22.0 Å². The molecule has 31 heavy (non-hydrogen) atoms. The Labute approximate surface area is 178 Å². The van der Waals surface area contributed by atoms with Crippen LogP contribution in [0.1, 0.15) is 27.4 Å². The molecule has 1 aliphatic heterocycles. The molecule has 0 amide bonds. The van der Waals surface area contributed by atoms with Gasteiger partial charge >= 0.3 is 5.97 Å². The van der Waals surface area contributed by atoms with Crippen LogP contribution in [-0.4, -0.2) is 22.6 Å². The summed E-state index contributed by atoms with van der Waals surface area (Å²) in [6.45, 7) is 0. The first kappa shape index (κ1) is 18.6. The van der Waals surface area contributed by atoms with Gasteiger partial charge in [0, 0.05) is 29.5 Å². The minimum absolute atomic E-state index is 0.416. The summed E-state index contributed by atoms with van der Waals surface area (Å²) in [6.07, 6.45) is 5.41. The van der Waals surface area contributed by atoms with E-state index in [0.29, 0.717) is 22.8 Å². The van der Waals surface area contributed by atoms with Crippen molar-refractivity contribution in [3.8, 4) is 11.8 Å². The van der Waals surface area contributed by atoms with Gasteiger partial charge in [0.1, 0.15) is 17.4 Å². The number of carbonyl (C=O) groups excluding carboxylic acids is 1. The first-order valence-corrected chi connectivity index (χ1v) is 9.72. The predicted octanol–water partition coefficient (Wildman–Crippen LogP) is 4.74. The highest BCUT2D eigenvalue weighted by Crippen LogP contribution is 2.47. The van der Waals surface area contributed by atoms with Crippen molar-refractivity contribution < 1.29 is 14.3 Å². The van der Waals surface area contributed by atoms with E-state index in [2.05, 4.69) is 11.1 Å². The van der Waals surface area contributed by atoms with E-state index in [-0.39, 0.29) is 0 Å². The molecule has 0 saturated carbocycles. The zero-order valence-corrected chi connectivity index (χ0v) is 16.6. The van der Waals surface area contributed by atoms with Gasteiger partial charge in [-0.3, -0.25) is 9.55 Å². The minimum atomic E-state index is -0.426. The lowest BCUT2D eigenvalue weighted by Gasteiger charge is -2.29. The molecule has 0 spiro atoms. The molecule has 1 atom stereocenters. The maximum Gasteiger partial charge on any atom is 0.337 e. The van der Waals surface area contributed by atoms with Crippen LogP contribution in [0.25, 0.3) is 16.8 Å². The van der Waals surface area contributed by atoms with Gasteiger partial charge in [-0.25, -0.2) is 4.79 Å². The second kappa shape index (κ2) is 7.47. The van der Waals surface area contributed by atoms with E-state index in [9.17, 15) is 10.1 Å². The van der Waals surface area contributed by atoms with Crippen LogP contribution < -0.4 is 4.74 Å². The van der Waals surface area contributed by atoms with Gasteiger partial charge in [0.05, 0.1) is 24.1 Å². The van der Waals surface area contributed by atoms with E-state index in [4.69, 9.17) is 9.47 Å². The fourth-order valence-corrected chi connectivity index (χ4v) is 4.00. The lowest BCUT2D eigenvalue weighted by Crippen LogP contribution is -2.19. The Morgan fingerprint density at radius 2 is 1.97 bits per heavy atom. The molecule has 0 bridgehead atoms. The van der Waals surface area contributed by atoms with Crippen molar-refractivity contribution in [3.63, 3.8) is 0 Å². The molecule has 1 unspecified atom stereocenters. The quantitative estimate of drug-likeness (QED) is 0.459. The Bertz CT molecular complexity index is 1380. The molecule has 0 saturated heterocycles. The van der Waals surface area contributed by atoms with Crippen molar-refractivity contribution in [2.75, 3.05) is 7.11 Å². The zero-order valence-electron chi connectivity index (χ0n) is 16.6. The van der Waals surface area contributed by atoms with Crippen molar-refractivity contribution in [2.45, 2.75) is 5.92 Å². The fraction of sp³-hybridized carbons (Fsp3) is 0.0800. The van der Waals surface area contributed by atoms with Crippen LogP contribution in [0.4, 0.5) is 0 Å². The van der Waals surface area contributed by atoms with Gasteiger partial charge < -0.3 is 9.47 Å². The van der Waals surface area contributed by atoms with Gasteiger partial charge in [0.2, 0.25) is 5.88 Å². The molecular formula is C25H17N3O3. The molecule has 5 rings (SSSR count). The number of ether oxygens (including phenoxy) is 2. The SMILES string of the molecule is COC(=O)c1cccc(C2C(C#N)=C(n3cccc3)Oc3c2ccc2ncccc32)c1. The Hall–Kier alpha value is -4.37. The van der Waals surface area contributed by atoms with Crippen molar-refractivity contribution in [3.05, 3.63) is 102 Å². The number of rotatable bonds is 3. The normalized spacial score (nSPS) is 15.2. The predicted molar refractivity (Wildman–Crippen MR) is 115 cm³/mol. The molecule has 150 valence electrons.